The molecule has 1 heterocycles. The SMILES string of the molecule is CCN(CC)CCOC(=O)c1ccc(C/C=C/CN2CCCCC2)cc1. The third-order valence-corrected chi connectivity index (χ3v) is 5.06. The smallest absolute Gasteiger partial charge is 0.338 e. The molecule has 1 aliphatic rings. The lowest BCUT2D eigenvalue weighted by Crippen LogP contribution is -2.29. The fourth-order valence-corrected chi connectivity index (χ4v) is 3.25. The van der Waals surface area contributed by atoms with Crippen molar-refractivity contribution in [1.29, 1.82) is 0 Å². The van der Waals surface area contributed by atoms with E-state index in [1.165, 1.54) is 37.9 Å². The molecule has 0 saturated carbocycles. The van der Waals surface area contributed by atoms with Gasteiger partial charge in [-0.15, -0.1) is 0 Å². The Kier molecular flexibility index (Phi) is 9.43. The van der Waals surface area contributed by atoms with Crippen molar-refractivity contribution in [3.05, 3.63) is 47.5 Å². The van der Waals surface area contributed by atoms with Crippen molar-refractivity contribution < 1.29 is 9.53 Å². The molecule has 1 saturated heterocycles. The Morgan fingerprint density at radius 2 is 1.77 bits per heavy atom. The fraction of sp³-hybridized carbons (Fsp3) is 0.591. The molecular weight excluding hydrogens is 324 g/mol. The van der Waals surface area contributed by atoms with Gasteiger partial charge < -0.3 is 9.64 Å². The van der Waals surface area contributed by atoms with Gasteiger partial charge in [-0.05, 0) is 63.1 Å². The molecule has 0 bridgehead atoms. The van der Waals surface area contributed by atoms with Crippen LogP contribution in [0.1, 0.15) is 49.0 Å². The van der Waals surface area contributed by atoms with E-state index in [4.69, 9.17) is 4.74 Å². The minimum atomic E-state index is -0.232. The van der Waals surface area contributed by atoms with Crippen molar-refractivity contribution in [2.24, 2.45) is 0 Å². The number of benzene rings is 1. The second-order valence-electron chi connectivity index (χ2n) is 6.90. The van der Waals surface area contributed by atoms with Crippen LogP contribution in [0.15, 0.2) is 36.4 Å². The lowest BCUT2D eigenvalue weighted by molar-refractivity contribution is 0.0466. The Balaban J connectivity index is 1.70. The number of carbonyl (C=O) groups is 1. The number of hydrogen-bond donors (Lipinski definition) is 0. The number of likely N-dealkylation sites (tertiary alicyclic amines) is 1. The first-order valence-corrected chi connectivity index (χ1v) is 10.1. The molecule has 144 valence electrons. The van der Waals surface area contributed by atoms with E-state index in [2.05, 4.69) is 35.8 Å². The summed E-state index contributed by atoms with van der Waals surface area (Å²) in [6, 6.07) is 7.78. The third-order valence-electron chi connectivity index (χ3n) is 5.06. The monoisotopic (exact) mass is 358 g/mol. The standard InChI is InChI=1S/C22H34N2O2/c1-3-23(4-2)18-19-26-22(25)21-13-11-20(12-14-21)10-6-9-17-24-15-7-5-8-16-24/h6,9,11-14H,3-5,7-8,10,15-19H2,1-2H3/b9-6+. The summed E-state index contributed by atoms with van der Waals surface area (Å²) in [6.07, 6.45) is 9.45. The molecule has 0 N–H and O–H groups in total. The zero-order valence-corrected chi connectivity index (χ0v) is 16.5. The molecule has 2 rings (SSSR count). The van der Waals surface area contributed by atoms with Crippen molar-refractivity contribution in [3.8, 4) is 0 Å². The van der Waals surface area contributed by atoms with E-state index in [1.807, 2.05) is 24.3 Å². The maximum Gasteiger partial charge on any atom is 0.338 e. The Bertz CT molecular complexity index is 544. The van der Waals surface area contributed by atoms with E-state index in [-0.39, 0.29) is 5.97 Å². The third kappa shape index (κ3) is 7.30. The van der Waals surface area contributed by atoms with Gasteiger partial charge in [0.05, 0.1) is 5.56 Å². The predicted octanol–water partition coefficient (Wildman–Crippen LogP) is 3.77. The molecule has 1 aliphatic heterocycles. The number of rotatable bonds is 10. The molecule has 0 atom stereocenters. The van der Waals surface area contributed by atoms with Crippen LogP contribution < -0.4 is 0 Å². The summed E-state index contributed by atoms with van der Waals surface area (Å²) in [5.41, 5.74) is 1.85. The Morgan fingerprint density at radius 1 is 1.08 bits per heavy atom. The van der Waals surface area contributed by atoms with Gasteiger partial charge in [0.25, 0.3) is 0 Å². The van der Waals surface area contributed by atoms with Gasteiger partial charge in [-0.1, -0.05) is 44.6 Å². The molecule has 0 aliphatic carbocycles. The van der Waals surface area contributed by atoms with E-state index in [0.29, 0.717) is 12.2 Å². The number of allylic oxidation sites excluding steroid dienone is 1. The van der Waals surface area contributed by atoms with E-state index in [0.717, 1.165) is 32.6 Å². The number of ether oxygens (including phenoxy) is 1. The van der Waals surface area contributed by atoms with E-state index in [9.17, 15) is 4.79 Å². The van der Waals surface area contributed by atoms with Crippen LogP contribution >= 0.6 is 0 Å². The first kappa shape index (κ1) is 20.7. The average molecular weight is 359 g/mol. The average Bonchev–Trinajstić information content (AvgIpc) is 2.70. The Hall–Kier alpha value is -1.65. The summed E-state index contributed by atoms with van der Waals surface area (Å²) < 4.78 is 5.37. The van der Waals surface area contributed by atoms with Gasteiger partial charge in [-0.25, -0.2) is 4.79 Å². The quantitative estimate of drug-likeness (QED) is 0.471. The maximum atomic E-state index is 12.1. The lowest BCUT2D eigenvalue weighted by Gasteiger charge is -2.24. The number of likely N-dealkylation sites (N-methyl/N-ethyl adjacent to an activating group) is 1. The summed E-state index contributed by atoms with van der Waals surface area (Å²) in [7, 11) is 0. The highest BCUT2D eigenvalue weighted by Crippen LogP contribution is 2.09. The van der Waals surface area contributed by atoms with Gasteiger partial charge in [0.1, 0.15) is 6.61 Å². The number of piperidine rings is 1. The molecule has 0 aromatic heterocycles. The zero-order chi connectivity index (χ0) is 18.6. The molecule has 26 heavy (non-hydrogen) atoms. The summed E-state index contributed by atoms with van der Waals surface area (Å²) in [4.78, 5) is 16.8. The molecule has 4 nitrogen and oxygen atoms in total. The normalized spacial score (nSPS) is 15.7. The number of hydrogen-bond acceptors (Lipinski definition) is 4. The molecule has 0 radical (unpaired) electrons. The van der Waals surface area contributed by atoms with Crippen molar-refractivity contribution in [2.45, 2.75) is 39.5 Å². The molecule has 0 spiro atoms. The first-order valence-electron chi connectivity index (χ1n) is 10.1. The Morgan fingerprint density at radius 3 is 2.42 bits per heavy atom. The summed E-state index contributed by atoms with van der Waals surface area (Å²) in [6.45, 7) is 10.9. The van der Waals surface area contributed by atoms with Crippen LogP contribution in [0.3, 0.4) is 0 Å². The number of esters is 1. The molecule has 1 aromatic carbocycles. The van der Waals surface area contributed by atoms with Crippen molar-refractivity contribution in [2.75, 3.05) is 45.9 Å². The predicted molar refractivity (Wildman–Crippen MR) is 108 cm³/mol. The van der Waals surface area contributed by atoms with Crippen LogP contribution in [0, 0.1) is 0 Å². The van der Waals surface area contributed by atoms with Gasteiger partial charge in [-0.2, -0.15) is 0 Å². The number of nitrogens with zero attached hydrogens (tertiary/aromatic N) is 2. The second-order valence-corrected chi connectivity index (χ2v) is 6.90. The molecule has 1 aromatic rings. The molecule has 0 unspecified atom stereocenters. The van der Waals surface area contributed by atoms with Gasteiger partial charge >= 0.3 is 5.97 Å². The largest absolute Gasteiger partial charge is 0.461 e. The van der Waals surface area contributed by atoms with Crippen molar-refractivity contribution in [3.63, 3.8) is 0 Å². The van der Waals surface area contributed by atoms with Crippen molar-refractivity contribution in [1.82, 2.24) is 9.80 Å². The van der Waals surface area contributed by atoms with Gasteiger partial charge in [0.15, 0.2) is 0 Å². The summed E-state index contributed by atoms with van der Waals surface area (Å²) >= 11 is 0. The second kappa shape index (κ2) is 11.9. The highest BCUT2D eigenvalue weighted by molar-refractivity contribution is 5.89. The van der Waals surface area contributed by atoms with Crippen LogP contribution in [0.5, 0.6) is 0 Å². The summed E-state index contributed by atoms with van der Waals surface area (Å²) in [5, 5.41) is 0. The van der Waals surface area contributed by atoms with Gasteiger partial charge in [0, 0.05) is 13.1 Å². The van der Waals surface area contributed by atoms with Gasteiger partial charge in [-0.3, -0.25) is 4.90 Å². The highest BCUT2D eigenvalue weighted by Gasteiger charge is 2.08. The van der Waals surface area contributed by atoms with Crippen LogP contribution in [0.2, 0.25) is 0 Å². The van der Waals surface area contributed by atoms with E-state index in [1.54, 1.807) is 0 Å². The minimum absolute atomic E-state index is 0.232. The fourth-order valence-electron chi connectivity index (χ4n) is 3.25. The van der Waals surface area contributed by atoms with Crippen molar-refractivity contribution >= 4 is 5.97 Å². The molecule has 0 amide bonds. The molecular formula is C22H34N2O2. The van der Waals surface area contributed by atoms with Crippen LogP contribution in [0.4, 0.5) is 0 Å². The maximum absolute atomic E-state index is 12.1. The first-order chi connectivity index (χ1) is 12.7. The highest BCUT2D eigenvalue weighted by atomic mass is 16.5. The van der Waals surface area contributed by atoms with Gasteiger partial charge in [0.2, 0.25) is 0 Å². The zero-order valence-electron chi connectivity index (χ0n) is 16.5. The van der Waals surface area contributed by atoms with Crippen LogP contribution in [-0.2, 0) is 11.2 Å². The topological polar surface area (TPSA) is 32.8 Å². The van der Waals surface area contributed by atoms with Crippen LogP contribution in [0.25, 0.3) is 0 Å². The Labute approximate surface area is 158 Å². The lowest BCUT2D eigenvalue weighted by atomic mass is 10.1. The summed E-state index contributed by atoms with van der Waals surface area (Å²) in [5.74, 6) is -0.232. The minimum Gasteiger partial charge on any atom is -0.461 e. The molecule has 1 fully saturated rings. The van der Waals surface area contributed by atoms with E-state index >= 15 is 0 Å². The molecule has 4 heteroatoms. The number of carbonyl (C=O) groups excluding carboxylic acids is 1. The van der Waals surface area contributed by atoms with Crippen LogP contribution in [-0.4, -0.2) is 61.6 Å². The van der Waals surface area contributed by atoms with E-state index < -0.39 is 0 Å².